The summed E-state index contributed by atoms with van der Waals surface area (Å²) in [6.07, 6.45) is 1.61. The van der Waals surface area contributed by atoms with Gasteiger partial charge in [-0.05, 0) is 48.0 Å². The second-order valence-corrected chi connectivity index (χ2v) is 8.12. The quantitative estimate of drug-likeness (QED) is 0.543. The summed E-state index contributed by atoms with van der Waals surface area (Å²) in [4.78, 5) is 7.95. The minimum atomic E-state index is -3.79. The third-order valence-electron chi connectivity index (χ3n) is 4.36. The van der Waals surface area contributed by atoms with Gasteiger partial charge in [-0.3, -0.25) is 0 Å². The number of aromatic nitrogens is 2. The van der Waals surface area contributed by atoms with E-state index in [0.717, 1.165) is 5.52 Å². The van der Waals surface area contributed by atoms with E-state index in [0.29, 0.717) is 22.7 Å². The molecule has 0 aliphatic rings. The molecule has 0 amide bonds. The highest BCUT2D eigenvalue weighted by Gasteiger charge is 2.25. The van der Waals surface area contributed by atoms with Gasteiger partial charge >= 0.3 is 0 Å². The molecule has 0 saturated carbocycles. The summed E-state index contributed by atoms with van der Waals surface area (Å²) in [6.45, 7) is 0. The lowest BCUT2D eigenvalue weighted by atomic mass is 10.2. The number of ether oxygens (including phenoxy) is 1. The Balaban J connectivity index is 1.94. The van der Waals surface area contributed by atoms with Crippen molar-refractivity contribution < 1.29 is 13.2 Å². The molecule has 3 aromatic carbocycles. The Morgan fingerprint density at radius 3 is 2.46 bits per heavy atom. The molecule has 28 heavy (non-hydrogen) atoms. The Hall–Kier alpha value is -3.38. The molecule has 4 aromatic rings. The van der Waals surface area contributed by atoms with Crippen LogP contribution in [0.3, 0.4) is 0 Å². The summed E-state index contributed by atoms with van der Waals surface area (Å²) in [6, 6.07) is 23.0. The van der Waals surface area contributed by atoms with Crippen molar-refractivity contribution in [3.05, 3.63) is 90.3 Å². The number of nitrogens with zero attached hydrogens (tertiary/aromatic N) is 1. The number of imidazole rings is 1. The van der Waals surface area contributed by atoms with Crippen LogP contribution in [-0.2, 0) is 9.84 Å². The summed E-state index contributed by atoms with van der Waals surface area (Å²) in [5, 5.41) is 0. The molecule has 0 unspecified atom stereocenters. The Bertz CT molecular complexity index is 1230. The fourth-order valence-electron chi connectivity index (χ4n) is 2.95. The van der Waals surface area contributed by atoms with Gasteiger partial charge in [0, 0.05) is 0 Å². The minimum absolute atomic E-state index is 0.100. The molecule has 0 atom stereocenters. The number of hydrogen-bond donors (Lipinski definition) is 1. The maximum absolute atomic E-state index is 13.4. The van der Waals surface area contributed by atoms with Crippen LogP contribution in [-0.4, -0.2) is 25.5 Å². The van der Waals surface area contributed by atoms with Crippen molar-refractivity contribution >= 4 is 31.9 Å². The molecule has 1 aromatic heterocycles. The summed E-state index contributed by atoms with van der Waals surface area (Å²) >= 11 is 0. The van der Waals surface area contributed by atoms with Gasteiger partial charge < -0.3 is 9.72 Å². The highest BCUT2D eigenvalue weighted by Crippen LogP contribution is 2.30. The highest BCUT2D eigenvalue weighted by atomic mass is 32.2. The number of benzene rings is 3. The summed E-state index contributed by atoms with van der Waals surface area (Å²) < 4.78 is 32.1. The van der Waals surface area contributed by atoms with E-state index in [1.807, 2.05) is 42.5 Å². The standard InChI is InChI=1S/C22H18N2O3S/c1-27-17-9-7-8-16(14-17)15-21(28(25,26)18-10-3-2-4-11-18)22-23-19-12-5-6-13-20(19)24-22/h2-15H,1H3,(H,23,24). The van der Waals surface area contributed by atoms with Crippen LogP contribution < -0.4 is 4.74 Å². The van der Waals surface area contributed by atoms with Gasteiger partial charge in [0.05, 0.1) is 23.0 Å². The molecule has 140 valence electrons. The number of para-hydroxylation sites is 2. The lowest BCUT2D eigenvalue weighted by molar-refractivity contribution is 0.414. The van der Waals surface area contributed by atoms with Crippen LogP contribution in [0.2, 0.25) is 0 Å². The highest BCUT2D eigenvalue weighted by molar-refractivity contribution is 8.00. The van der Waals surface area contributed by atoms with E-state index in [1.54, 1.807) is 49.6 Å². The molecule has 0 saturated heterocycles. The van der Waals surface area contributed by atoms with Crippen molar-refractivity contribution in [2.24, 2.45) is 0 Å². The molecular formula is C22H18N2O3S. The third-order valence-corrected chi connectivity index (χ3v) is 6.14. The van der Waals surface area contributed by atoms with Crippen molar-refractivity contribution in [3.63, 3.8) is 0 Å². The smallest absolute Gasteiger partial charge is 0.210 e. The number of nitrogens with one attached hydrogen (secondary N) is 1. The predicted molar refractivity (Wildman–Crippen MR) is 111 cm³/mol. The number of H-pyrrole nitrogens is 1. The second-order valence-electron chi connectivity index (χ2n) is 6.20. The number of fused-ring (bicyclic) bond motifs is 1. The average molecular weight is 390 g/mol. The number of hydrogen-bond acceptors (Lipinski definition) is 4. The summed E-state index contributed by atoms with van der Waals surface area (Å²) in [5.74, 6) is 0.947. The predicted octanol–water partition coefficient (Wildman–Crippen LogP) is 4.54. The first-order chi connectivity index (χ1) is 13.6. The Morgan fingerprint density at radius 2 is 1.71 bits per heavy atom. The monoisotopic (exact) mass is 390 g/mol. The van der Waals surface area contributed by atoms with E-state index in [-0.39, 0.29) is 9.80 Å². The van der Waals surface area contributed by atoms with Crippen molar-refractivity contribution in [2.75, 3.05) is 7.11 Å². The molecule has 1 heterocycles. The Morgan fingerprint density at radius 1 is 0.964 bits per heavy atom. The van der Waals surface area contributed by atoms with Crippen LogP contribution in [0.15, 0.2) is 83.8 Å². The zero-order chi connectivity index (χ0) is 19.6. The molecular weight excluding hydrogens is 372 g/mol. The van der Waals surface area contributed by atoms with Crippen molar-refractivity contribution in [3.8, 4) is 5.75 Å². The molecule has 1 N–H and O–H groups in total. The summed E-state index contributed by atoms with van der Waals surface area (Å²) in [7, 11) is -2.22. The van der Waals surface area contributed by atoms with Crippen LogP contribution in [0.25, 0.3) is 22.0 Å². The first kappa shape index (κ1) is 18.0. The van der Waals surface area contributed by atoms with Crippen molar-refractivity contribution in [1.29, 1.82) is 0 Å². The molecule has 0 bridgehead atoms. The van der Waals surface area contributed by atoms with Crippen LogP contribution in [0.1, 0.15) is 11.4 Å². The largest absolute Gasteiger partial charge is 0.497 e. The number of methoxy groups -OCH3 is 1. The van der Waals surface area contributed by atoms with Gasteiger partial charge in [-0.1, -0.05) is 42.5 Å². The second kappa shape index (κ2) is 7.32. The molecule has 5 nitrogen and oxygen atoms in total. The molecule has 0 spiro atoms. The fraction of sp³-hybridized carbons (Fsp3) is 0.0455. The SMILES string of the molecule is COc1cccc(C=C(c2nc3ccccc3[nH]2)S(=O)(=O)c2ccccc2)c1. The first-order valence-corrected chi connectivity index (χ1v) is 10.2. The first-order valence-electron chi connectivity index (χ1n) is 8.69. The van der Waals surface area contributed by atoms with E-state index in [9.17, 15) is 8.42 Å². The van der Waals surface area contributed by atoms with Crippen molar-refractivity contribution in [1.82, 2.24) is 9.97 Å². The van der Waals surface area contributed by atoms with Gasteiger partial charge in [-0.25, -0.2) is 13.4 Å². The van der Waals surface area contributed by atoms with Crippen LogP contribution in [0.4, 0.5) is 0 Å². The maximum Gasteiger partial charge on any atom is 0.210 e. The van der Waals surface area contributed by atoms with Crippen LogP contribution in [0, 0.1) is 0 Å². The molecule has 6 heteroatoms. The molecule has 0 aliphatic heterocycles. The zero-order valence-corrected chi connectivity index (χ0v) is 16.0. The van der Waals surface area contributed by atoms with E-state index < -0.39 is 9.84 Å². The Labute approximate surface area is 163 Å². The summed E-state index contributed by atoms with van der Waals surface area (Å²) in [5.41, 5.74) is 2.18. The van der Waals surface area contributed by atoms with Gasteiger partial charge in [-0.15, -0.1) is 0 Å². The van der Waals surface area contributed by atoms with E-state index >= 15 is 0 Å². The van der Waals surface area contributed by atoms with E-state index in [2.05, 4.69) is 9.97 Å². The van der Waals surface area contributed by atoms with E-state index in [4.69, 9.17) is 4.74 Å². The zero-order valence-electron chi connectivity index (χ0n) is 15.2. The molecule has 0 radical (unpaired) electrons. The van der Waals surface area contributed by atoms with Gasteiger partial charge in [0.2, 0.25) is 9.84 Å². The lowest BCUT2D eigenvalue weighted by Gasteiger charge is -2.08. The van der Waals surface area contributed by atoms with Crippen molar-refractivity contribution in [2.45, 2.75) is 4.90 Å². The number of rotatable bonds is 5. The minimum Gasteiger partial charge on any atom is -0.497 e. The topological polar surface area (TPSA) is 72.0 Å². The molecule has 0 aliphatic carbocycles. The molecule has 0 fully saturated rings. The van der Waals surface area contributed by atoms with Crippen LogP contribution in [0.5, 0.6) is 5.75 Å². The number of sulfone groups is 1. The van der Waals surface area contributed by atoms with Gasteiger partial charge in [0.1, 0.15) is 16.5 Å². The maximum atomic E-state index is 13.4. The van der Waals surface area contributed by atoms with Crippen LogP contribution >= 0.6 is 0 Å². The third kappa shape index (κ3) is 3.42. The van der Waals surface area contributed by atoms with E-state index in [1.165, 1.54) is 0 Å². The molecule has 4 rings (SSSR count). The normalized spacial score (nSPS) is 12.2. The average Bonchev–Trinajstić information content (AvgIpc) is 3.16. The fourth-order valence-corrected chi connectivity index (χ4v) is 4.36. The lowest BCUT2D eigenvalue weighted by Crippen LogP contribution is -2.05. The Kier molecular flexibility index (Phi) is 4.71. The van der Waals surface area contributed by atoms with Gasteiger partial charge in [0.25, 0.3) is 0 Å². The number of aromatic amines is 1. The van der Waals surface area contributed by atoms with Gasteiger partial charge in [-0.2, -0.15) is 0 Å². The van der Waals surface area contributed by atoms with Gasteiger partial charge in [0.15, 0.2) is 0 Å².